The van der Waals surface area contributed by atoms with Crippen LogP contribution >= 0.6 is 0 Å². The largest absolute Gasteiger partial charge is 0.325 e. The van der Waals surface area contributed by atoms with Crippen LogP contribution in [0.15, 0.2) is 24.3 Å². The number of anilines is 1. The number of hydrogen-bond acceptors (Lipinski definition) is 2. The monoisotopic (exact) mass is 236 g/mol. The Kier molecular flexibility index (Phi) is 4.09. The lowest BCUT2D eigenvalue weighted by atomic mass is 10.3. The molecule has 1 amide bonds. The van der Waals surface area contributed by atoms with Gasteiger partial charge in [0, 0.05) is 5.69 Å². The Morgan fingerprint density at radius 1 is 1.29 bits per heavy atom. The van der Waals surface area contributed by atoms with Gasteiger partial charge in [-0.1, -0.05) is 12.8 Å². The van der Waals surface area contributed by atoms with Gasteiger partial charge in [0.25, 0.3) is 0 Å². The fraction of sp³-hybridized carbons (Fsp3) is 0.462. The Labute approximate surface area is 100 Å². The molecule has 1 aromatic carbocycles. The molecule has 0 unspecified atom stereocenters. The number of carbonyl (C=O) groups excluding carboxylic acids is 1. The van der Waals surface area contributed by atoms with E-state index in [1.807, 2.05) is 0 Å². The quantitative estimate of drug-likeness (QED) is 0.743. The molecule has 2 N–H and O–H groups in total. The van der Waals surface area contributed by atoms with Gasteiger partial charge in [-0.15, -0.1) is 0 Å². The van der Waals surface area contributed by atoms with Crippen LogP contribution in [0.25, 0.3) is 0 Å². The van der Waals surface area contributed by atoms with E-state index in [-0.39, 0.29) is 11.7 Å². The van der Waals surface area contributed by atoms with Crippen LogP contribution in [-0.4, -0.2) is 19.0 Å². The summed E-state index contributed by atoms with van der Waals surface area (Å²) < 4.78 is 12.6. The molecule has 1 aliphatic carbocycles. The van der Waals surface area contributed by atoms with Crippen LogP contribution in [0.3, 0.4) is 0 Å². The summed E-state index contributed by atoms with van der Waals surface area (Å²) in [4.78, 5) is 11.5. The Bertz CT molecular complexity index is 374. The van der Waals surface area contributed by atoms with Gasteiger partial charge in [0.2, 0.25) is 5.91 Å². The molecule has 17 heavy (non-hydrogen) atoms. The smallest absolute Gasteiger partial charge is 0.238 e. The molecule has 4 heteroatoms. The first kappa shape index (κ1) is 12.0. The molecule has 1 saturated carbocycles. The van der Waals surface area contributed by atoms with E-state index in [9.17, 15) is 9.18 Å². The van der Waals surface area contributed by atoms with Gasteiger partial charge >= 0.3 is 0 Å². The molecule has 0 heterocycles. The van der Waals surface area contributed by atoms with Crippen molar-refractivity contribution in [3.8, 4) is 0 Å². The maximum Gasteiger partial charge on any atom is 0.238 e. The highest BCUT2D eigenvalue weighted by Gasteiger charge is 2.20. The average Bonchev–Trinajstić information content (AvgIpc) is 3.12. The third-order valence-electron chi connectivity index (χ3n) is 2.84. The van der Waals surface area contributed by atoms with Crippen molar-refractivity contribution in [2.45, 2.75) is 19.3 Å². The number of halogens is 1. The van der Waals surface area contributed by atoms with Gasteiger partial charge in [0.05, 0.1) is 6.54 Å². The van der Waals surface area contributed by atoms with Crippen molar-refractivity contribution in [2.24, 2.45) is 5.92 Å². The van der Waals surface area contributed by atoms with Gasteiger partial charge < -0.3 is 10.6 Å². The predicted molar refractivity (Wildman–Crippen MR) is 65.2 cm³/mol. The molecule has 0 saturated heterocycles. The van der Waals surface area contributed by atoms with Crippen LogP contribution in [0.4, 0.5) is 10.1 Å². The number of nitrogens with one attached hydrogen (secondary N) is 2. The van der Waals surface area contributed by atoms with Gasteiger partial charge in [-0.3, -0.25) is 4.79 Å². The highest BCUT2D eigenvalue weighted by molar-refractivity contribution is 5.92. The number of carbonyl (C=O) groups is 1. The van der Waals surface area contributed by atoms with E-state index in [0.717, 1.165) is 18.9 Å². The van der Waals surface area contributed by atoms with Crippen LogP contribution in [0, 0.1) is 11.7 Å². The number of benzene rings is 1. The first-order chi connectivity index (χ1) is 8.24. The van der Waals surface area contributed by atoms with Gasteiger partial charge in [-0.05, 0) is 43.1 Å². The lowest BCUT2D eigenvalue weighted by Gasteiger charge is -2.06. The molecule has 0 atom stereocenters. The second-order valence-electron chi connectivity index (χ2n) is 4.46. The van der Waals surface area contributed by atoms with Crippen molar-refractivity contribution in [3.05, 3.63) is 30.1 Å². The van der Waals surface area contributed by atoms with Crippen LogP contribution in [0.1, 0.15) is 19.3 Å². The summed E-state index contributed by atoms with van der Waals surface area (Å²) in [6.07, 6.45) is 3.83. The zero-order valence-corrected chi connectivity index (χ0v) is 9.71. The SMILES string of the molecule is O=C(CNCCC1CC1)Nc1ccc(F)cc1. The highest BCUT2D eigenvalue weighted by atomic mass is 19.1. The Morgan fingerprint density at radius 3 is 2.65 bits per heavy atom. The van der Waals surface area contributed by atoms with E-state index >= 15 is 0 Å². The Morgan fingerprint density at radius 2 is 2.00 bits per heavy atom. The van der Waals surface area contributed by atoms with Crippen LogP contribution in [0.5, 0.6) is 0 Å². The molecule has 92 valence electrons. The molecule has 0 spiro atoms. The zero-order chi connectivity index (χ0) is 12.1. The molecule has 1 aliphatic rings. The maximum absolute atomic E-state index is 12.6. The summed E-state index contributed by atoms with van der Waals surface area (Å²) >= 11 is 0. The minimum absolute atomic E-state index is 0.0904. The van der Waals surface area contributed by atoms with Crippen molar-refractivity contribution < 1.29 is 9.18 Å². The fourth-order valence-electron chi connectivity index (χ4n) is 1.65. The van der Waals surface area contributed by atoms with Crippen molar-refractivity contribution in [1.82, 2.24) is 5.32 Å². The molecule has 3 nitrogen and oxygen atoms in total. The molecule has 1 fully saturated rings. The number of amides is 1. The number of hydrogen-bond donors (Lipinski definition) is 2. The van der Waals surface area contributed by atoms with Crippen molar-refractivity contribution in [3.63, 3.8) is 0 Å². The first-order valence-corrected chi connectivity index (χ1v) is 6.00. The molecule has 0 aromatic heterocycles. The van der Waals surface area contributed by atoms with E-state index in [2.05, 4.69) is 10.6 Å². The van der Waals surface area contributed by atoms with Gasteiger partial charge in [0.15, 0.2) is 0 Å². The molecular formula is C13H17FN2O. The van der Waals surface area contributed by atoms with E-state index in [1.165, 1.54) is 25.0 Å². The average molecular weight is 236 g/mol. The maximum atomic E-state index is 12.6. The first-order valence-electron chi connectivity index (χ1n) is 6.00. The normalized spacial score (nSPS) is 14.6. The summed E-state index contributed by atoms with van der Waals surface area (Å²) in [6.45, 7) is 1.20. The summed E-state index contributed by atoms with van der Waals surface area (Å²) in [7, 11) is 0. The van der Waals surface area contributed by atoms with E-state index in [0.29, 0.717) is 12.2 Å². The second-order valence-corrected chi connectivity index (χ2v) is 4.46. The topological polar surface area (TPSA) is 41.1 Å². The summed E-state index contributed by atoms with van der Waals surface area (Å²) in [6, 6.07) is 5.77. The van der Waals surface area contributed by atoms with E-state index in [4.69, 9.17) is 0 Å². The lowest BCUT2D eigenvalue weighted by molar-refractivity contribution is -0.115. The number of rotatable bonds is 6. The standard InChI is InChI=1S/C13H17FN2O/c14-11-3-5-12(6-4-11)16-13(17)9-15-8-7-10-1-2-10/h3-6,10,15H,1-2,7-9H2,(H,16,17). The zero-order valence-electron chi connectivity index (χ0n) is 9.71. The van der Waals surface area contributed by atoms with Crippen LogP contribution in [-0.2, 0) is 4.79 Å². The van der Waals surface area contributed by atoms with E-state index in [1.54, 1.807) is 12.1 Å². The van der Waals surface area contributed by atoms with Crippen molar-refractivity contribution in [1.29, 1.82) is 0 Å². The van der Waals surface area contributed by atoms with Gasteiger partial charge in [-0.2, -0.15) is 0 Å². The second kappa shape index (κ2) is 5.77. The van der Waals surface area contributed by atoms with Gasteiger partial charge in [-0.25, -0.2) is 4.39 Å². The lowest BCUT2D eigenvalue weighted by Crippen LogP contribution is -2.28. The van der Waals surface area contributed by atoms with Crippen molar-refractivity contribution >= 4 is 11.6 Å². The minimum atomic E-state index is -0.300. The summed E-state index contributed by atoms with van der Waals surface area (Å²) in [5, 5.41) is 5.81. The van der Waals surface area contributed by atoms with Gasteiger partial charge in [0.1, 0.15) is 5.82 Å². The van der Waals surface area contributed by atoms with E-state index < -0.39 is 0 Å². The molecule has 0 aliphatic heterocycles. The third-order valence-corrected chi connectivity index (χ3v) is 2.84. The fourth-order valence-corrected chi connectivity index (χ4v) is 1.65. The molecule has 0 radical (unpaired) electrons. The van der Waals surface area contributed by atoms with Crippen LogP contribution < -0.4 is 10.6 Å². The summed E-state index contributed by atoms with van der Waals surface area (Å²) in [5.41, 5.74) is 0.625. The highest BCUT2D eigenvalue weighted by Crippen LogP contribution is 2.31. The third kappa shape index (κ3) is 4.53. The molecule has 2 rings (SSSR count). The van der Waals surface area contributed by atoms with Crippen LogP contribution in [0.2, 0.25) is 0 Å². The minimum Gasteiger partial charge on any atom is -0.325 e. The Hall–Kier alpha value is -1.42. The Balaban J connectivity index is 1.63. The molecule has 1 aromatic rings. The predicted octanol–water partition coefficient (Wildman–Crippen LogP) is 2.15. The molecular weight excluding hydrogens is 219 g/mol. The summed E-state index contributed by atoms with van der Waals surface area (Å²) in [5.74, 6) is 0.487. The van der Waals surface area contributed by atoms with Crippen molar-refractivity contribution in [2.75, 3.05) is 18.4 Å². The molecule has 0 bridgehead atoms.